The maximum atomic E-state index is 12.1. The Morgan fingerprint density at radius 1 is 1.05 bits per heavy atom. The third kappa shape index (κ3) is 3.85. The van der Waals surface area contributed by atoms with Crippen molar-refractivity contribution in [2.45, 2.75) is 0 Å². The SMILES string of the molecule is COC(=O)N(/C(Br)=C(\I)c1ccccc1)c1ccccc1. The van der Waals surface area contributed by atoms with Gasteiger partial charge in [-0.05, 0) is 56.2 Å². The van der Waals surface area contributed by atoms with E-state index in [0.717, 1.165) is 14.8 Å². The van der Waals surface area contributed by atoms with Crippen LogP contribution in [0.1, 0.15) is 5.56 Å². The highest BCUT2D eigenvalue weighted by molar-refractivity contribution is 14.1. The number of nitrogens with zero attached hydrogens (tertiary/aromatic N) is 1. The first-order valence-electron chi connectivity index (χ1n) is 6.19. The van der Waals surface area contributed by atoms with Crippen molar-refractivity contribution >= 4 is 53.9 Å². The molecule has 0 aliphatic heterocycles. The fourth-order valence-corrected chi connectivity index (χ4v) is 2.95. The Balaban J connectivity index is 2.49. The molecule has 0 N–H and O–H groups in total. The van der Waals surface area contributed by atoms with E-state index in [2.05, 4.69) is 38.5 Å². The van der Waals surface area contributed by atoms with Gasteiger partial charge >= 0.3 is 6.09 Å². The monoisotopic (exact) mass is 457 g/mol. The lowest BCUT2D eigenvalue weighted by Gasteiger charge is -2.22. The van der Waals surface area contributed by atoms with Crippen LogP contribution in [0.2, 0.25) is 0 Å². The number of anilines is 1. The van der Waals surface area contributed by atoms with E-state index in [1.54, 1.807) is 0 Å². The van der Waals surface area contributed by atoms with Crippen molar-refractivity contribution in [1.82, 2.24) is 0 Å². The summed E-state index contributed by atoms with van der Waals surface area (Å²) in [6.07, 6.45) is -0.446. The van der Waals surface area contributed by atoms with Gasteiger partial charge in [-0.15, -0.1) is 0 Å². The first kappa shape index (κ1) is 16.0. The molecule has 0 heterocycles. The third-order valence-electron chi connectivity index (χ3n) is 2.78. The van der Waals surface area contributed by atoms with Gasteiger partial charge in [0.25, 0.3) is 0 Å². The Kier molecular flexibility index (Phi) is 5.81. The highest BCUT2D eigenvalue weighted by atomic mass is 127. The summed E-state index contributed by atoms with van der Waals surface area (Å²) in [4.78, 5) is 13.6. The largest absolute Gasteiger partial charge is 0.452 e. The number of halogens is 2. The lowest BCUT2D eigenvalue weighted by atomic mass is 10.2. The number of ether oxygens (including phenoxy) is 1. The van der Waals surface area contributed by atoms with Crippen LogP contribution in [0.3, 0.4) is 0 Å². The summed E-state index contributed by atoms with van der Waals surface area (Å²) >= 11 is 5.73. The Hall–Kier alpha value is -1.34. The number of hydrogen-bond acceptors (Lipinski definition) is 2. The fraction of sp³-hybridized carbons (Fsp3) is 0.0625. The van der Waals surface area contributed by atoms with Crippen LogP contribution in [-0.2, 0) is 4.74 Å². The molecular formula is C16H13BrINO2. The van der Waals surface area contributed by atoms with Gasteiger partial charge in [-0.2, -0.15) is 0 Å². The van der Waals surface area contributed by atoms with E-state index in [4.69, 9.17) is 4.74 Å². The average Bonchev–Trinajstić information content (AvgIpc) is 2.55. The average molecular weight is 458 g/mol. The summed E-state index contributed by atoms with van der Waals surface area (Å²) in [5, 5.41) is 0. The molecule has 0 bridgehead atoms. The topological polar surface area (TPSA) is 29.5 Å². The van der Waals surface area contributed by atoms with Crippen LogP contribution in [0.5, 0.6) is 0 Å². The van der Waals surface area contributed by atoms with Crippen molar-refractivity contribution in [3.63, 3.8) is 0 Å². The van der Waals surface area contributed by atoms with E-state index < -0.39 is 6.09 Å². The highest BCUT2D eigenvalue weighted by Gasteiger charge is 2.22. The summed E-state index contributed by atoms with van der Waals surface area (Å²) in [6, 6.07) is 19.2. The van der Waals surface area contributed by atoms with Gasteiger partial charge in [0, 0.05) is 0 Å². The van der Waals surface area contributed by atoms with E-state index in [-0.39, 0.29) is 0 Å². The maximum absolute atomic E-state index is 12.1. The van der Waals surface area contributed by atoms with Gasteiger partial charge in [-0.25, -0.2) is 9.69 Å². The molecule has 2 aromatic carbocycles. The number of carbonyl (C=O) groups is 1. The van der Waals surface area contributed by atoms with Crippen LogP contribution in [0.4, 0.5) is 10.5 Å². The van der Waals surface area contributed by atoms with E-state index >= 15 is 0 Å². The Labute approximate surface area is 145 Å². The fourth-order valence-electron chi connectivity index (χ4n) is 1.77. The number of methoxy groups -OCH3 is 1. The zero-order chi connectivity index (χ0) is 15.2. The third-order valence-corrected chi connectivity index (χ3v) is 5.40. The molecule has 0 spiro atoms. The van der Waals surface area contributed by atoms with Crippen LogP contribution in [-0.4, -0.2) is 13.2 Å². The molecule has 108 valence electrons. The lowest BCUT2D eigenvalue weighted by molar-refractivity contribution is 0.181. The molecule has 0 aromatic heterocycles. The molecule has 0 aliphatic rings. The Morgan fingerprint density at radius 3 is 2.10 bits per heavy atom. The van der Waals surface area contributed by atoms with Gasteiger partial charge in [0.1, 0.15) is 4.61 Å². The molecule has 2 aromatic rings. The van der Waals surface area contributed by atoms with Gasteiger partial charge in [-0.1, -0.05) is 48.5 Å². The molecule has 21 heavy (non-hydrogen) atoms. The Bertz CT molecular complexity index is 644. The first-order valence-corrected chi connectivity index (χ1v) is 8.06. The number of rotatable bonds is 3. The predicted octanol–water partition coefficient (Wildman–Crippen LogP) is 5.42. The molecule has 0 saturated heterocycles. The molecule has 2 rings (SSSR count). The minimum atomic E-state index is -0.446. The van der Waals surface area contributed by atoms with Crippen molar-refractivity contribution in [1.29, 1.82) is 0 Å². The Morgan fingerprint density at radius 2 is 1.57 bits per heavy atom. The van der Waals surface area contributed by atoms with Crippen molar-refractivity contribution in [2.24, 2.45) is 0 Å². The molecule has 1 amide bonds. The standard InChI is InChI=1S/C16H13BrINO2/c1-21-16(20)19(13-10-6-3-7-11-13)15(17)14(18)12-8-4-2-5-9-12/h2-11H,1H3/b15-14-. The molecule has 0 saturated carbocycles. The summed E-state index contributed by atoms with van der Waals surface area (Å²) in [5.74, 6) is 0. The number of benzene rings is 2. The second kappa shape index (κ2) is 7.61. The summed E-state index contributed by atoms with van der Waals surface area (Å²) in [6.45, 7) is 0. The van der Waals surface area contributed by atoms with Crippen molar-refractivity contribution < 1.29 is 9.53 Å². The van der Waals surface area contributed by atoms with Gasteiger partial charge in [0.2, 0.25) is 0 Å². The summed E-state index contributed by atoms with van der Waals surface area (Å²) < 4.78 is 6.46. The van der Waals surface area contributed by atoms with E-state index in [1.807, 2.05) is 60.7 Å². The number of hydrogen-bond donors (Lipinski definition) is 0. The quantitative estimate of drug-likeness (QED) is 0.455. The zero-order valence-corrected chi connectivity index (χ0v) is 15.0. The van der Waals surface area contributed by atoms with Crippen molar-refractivity contribution in [2.75, 3.05) is 12.0 Å². The lowest BCUT2D eigenvalue weighted by Crippen LogP contribution is -2.28. The highest BCUT2D eigenvalue weighted by Crippen LogP contribution is 2.34. The van der Waals surface area contributed by atoms with E-state index in [9.17, 15) is 4.79 Å². The molecule has 0 unspecified atom stereocenters. The second-order valence-electron chi connectivity index (χ2n) is 4.11. The van der Waals surface area contributed by atoms with Crippen LogP contribution < -0.4 is 4.90 Å². The van der Waals surface area contributed by atoms with Crippen LogP contribution in [0.25, 0.3) is 3.58 Å². The maximum Gasteiger partial charge on any atom is 0.419 e. The summed E-state index contributed by atoms with van der Waals surface area (Å²) in [5.41, 5.74) is 1.76. The van der Waals surface area contributed by atoms with Gasteiger partial charge in [-0.3, -0.25) is 0 Å². The van der Waals surface area contributed by atoms with Gasteiger partial charge in [0.05, 0.1) is 16.4 Å². The summed E-state index contributed by atoms with van der Waals surface area (Å²) in [7, 11) is 1.37. The molecule has 0 atom stereocenters. The van der Waals surface area contributed by atoms with E-state index in [0.29, 0.717) is 4.61 Å². The molecule has 5 heteroatoms. The molecule has 0 aliphatic carbocycles. The molecule has 3 nitrogen and oxygen atoms in total. The van der Waals surface area contributed by atoms with Crippen molar-refractivity contribution in [3.8, 4) is 0 Å². The molecule has 0 fully saturated rings. The predicted molar refractivity (Wildman–Crippen MR) is 97.6 cm³/mol. The normalized spacial score (nSPS) is 11.6. The minimum Gasteiger partial charge on any atom is -0.452 e. The van der Waals surface area contributed by atoms with Crippen LogP contribution in [0, 0.1) is 0 Å². The van der Waals surface area contributed by atoms with E-state index in [1.165, 1.54) is 12.0 Å². The smallest absolute Gasteiger partial charge is 0.419 e. The minimum absolute atomic E-state index is 0.446. The zero-order valence-electron chi connectivity index (χ0n) is 11.3. The van der Waals surface area contributed by atoms with Crippen LogP contribution in [0.15, 0.2) is 65.3 Å². The van der Waals surface area contributed by atoms with Crippen LogP contribution >= 0.6 is 38.5 Å². The molecular weight excluding hydrogens is 445 g/mol. The number of amides is 1. The van der Waals surface area contributed by atoms with Crippen molar-refractivity contribution in [3.05, 3.63) is 70.8 Å². The molecule has 0 radical (unpaired) electrons. The number of para-hydroxylation sites is 1. The van der Waals surface area contributed by atoms with Gasteiger partial charge < -0.3 is 4.74 Å². The first-order chi connectivity index (χ1) is 10.1. The van der Waals surface area contributed by atoms with Gasteiger partial charge in [0.15, 0.2) is 0 Å². The second-order valence-corrected chi connectivity index (χ2v) is 5.94. The number of carbonyl (C=O) groups excluding carboxylic acids is 1.